The van der Waals surface area contributed by atoms with Crippen LogP contribution in [0.5, 0.6) is 0 Å². The third-order valence-corrected chi connectivity index (χ3v) is 4.42. The first kappa shape index (κ1) is 14.1. The van der Waals surface area contributed by atoms with Gasteiger partial charge in [0.2, 0.25) is 0 Å². The molecule has 1 N–H and O–H groups in total. The van der Waals surface area contributed by atoms with Gasteiger partial charge in [-0.3, -0.25) is 0 Å². The molecular formula is C11H19N3O2S. The highest BCUT2D eigenvalue weighted by molar-refractivity contribution is 7.91. The van der Waals surface area contributed by atoms with Gasteiger partial charge in [-0.05, 0) is 26.0 Å². The van der Waals surface area contributed by atoms with Crippen LogP contribution in [0.2, 0.25) is 0 Å². The van der Waals surface area contributed by atoms with Crippen molar-refractivity contribution in [3.63, 3.8) is 0 Å². The largest absolute Gasteiger partial charge is 0.310 e. The molecule has 0 fully saturated rings. The van der Waals surface area contributed by atoms with Gasteiger partial charge in [0, 0.05) is 18.1 Å². The maximum Gasteiger partial charge on any atom is 0.150 e. The first-order valence-electron chi connectivity index (χ1n) is 5.73. The highest BCUT2D eigenvalue weighted by Crippen LogP contribution is 2.13. The topological polar surface area (TPSA) is 72.0 Å². The molecule has 0 aliphatic heterocycles. The summed E-state index contributed by atoms with van der Waals surface area (Å²) in [4.78, 5) is 8.32. The third kappa shape index (κ3) is 4.79. The van der Waals surface area contributed by atoms with Crippen molar-refractivity contribution in [2.24, 2.45) is 0 Å². The lowest BCUT2D eigenvalue weighted by Gasteiger charge is -2.13. The van der Waals surface area contributed by atoms with E-state index in [1.165, 1.54) is 0 Å². The van der Waals surface area contributed by atoms with Crippen LogP contribution in [-0.2, 0) is 9.84 Å². The number of rotatable bonds is 7. The normalized spacial score (nSPS) is 13.5. The molecule has 0 aliphatic carbocycles. The monoisotopic (exact) mass is 257 g/mol. The molecule has 0 saturated carbocycles. The fourth-order valence-electron chi connectivity index (χ4n) is 1.54. The Morgan fingerprint density at radius 3 is 2.53 bits per heavy atom. The predicted octanol–water partition coefficient (Wildman–Crippen LogP) is 0.952. The Kier molecular flexibility index (Phi) is 5.50. The summed E-state index contributed by atoms with van der Waals surface area (Å²) in [5.74, 6) is 1.15. The van der Waals surface area contributed by atoms with Gasteiger partial charge >= 0.3 is 0 Å². The molecule has 0 bridgehead atoms. The molecule has 0 saturated heterocycles. The quantitative estimate of drug-likeness (QED) is 0.787. The lowest BCUT2D eigenvalue weighted by Crippen LogP contribution is -2.20. The molecule has 0 aromatic carbocycles. The van der Waals surface area contributed by atoms with E-state index in [0.717, 1.165) is 6.42 Å². The molecule has 0 aliphatic rings. The summed E-state index contributed by atoms with van der Waals surface area (Å²) in [7, 11) is -1.05. The molecule has 5 nitrogen and oxygen atoms in total. The first-order valence-corrected chi connectivity index (χ1v) is 7.56. The van der Waals surface area contributed by atoms with E-state index in [2.05, 4.69) is 15.3 Å². The zero-order valence-electron chi connectivity index (χ0n) is 10.3. The SMILES string of the molecule is CCS(=O)(=O)CCCC(NC)c1ncccn1. The van der Waals surface area contributed by atoms with Crippen LogP contribution < -0.4 is 5.32 Å². The minimum Gasteiger partial charge on any atom is -0.310 e. The summed E-state index contributed by atoms with van der Waals surface area (Å²) in [5, 5.41) is 3.10. The summed E-state index contributed by atoms with van der Waals surface area (Å²) in [5.41, 5.74) is 0. The van der Waals surface area contributed by atoms with Gasteiger partial charge < -0.3 is 5.32 Å². The summed E-state index contributed by atoms with van der Waals surface area (Å²) in [6, 6.07) is 1.78. The average molecular weight is 257 g/mol. The summed E-state index contributed by atoms with van der Waals surface area (Å²) < 4.78 is 22.7. The second-order valence-corrected chi connectivity index (χ2v) is 6.30. The Morgan fingerprint density at radius 1 is 1.35 bits per heavy atom. The van der Waals surface area contributed by atoms with Gasteiger partial charge in [-0.15, -0.1) is 0 Å². The maximum absolute atomic E-state index is 11.4. The van der Waals surface area contributed by atoms with Gasteiger partial charge in [0.15, 0.2) is 0 Å². The number of nitrogens with one attached hydrogen (secondary N) is 1. The van der Waals surface area contributed by atoms with Crippen molar-refractivity contribution in [2.75, 3.05) is 18.6 Å². The van der Waals surface area contributed by atoms with Gasteiger partial charge in [0.1, 0.15) is 15.7 Å². The van der Waals surface area contributed by atoms with E-state index < -0.39 is 9.84 Å². The van der Waals surface area contributed by atoms with E-state index in [9.17, 15) is 8.42 Å². The van der Waals surface area contributed by atoms with E-state index >= 15 is 0 Å². The molecule has 0 amide bonds. The Bertz CT molecular complexity index is 420. The summed E-state index contributed by atoms with van der Waals surface area (Å²) in [6.07, 6.45) is 4.73. The van der Waals surface area contributed by atoms with Crippen LogP contribution in [0, 0.1) is 0 Å². The van der Waals surface area contributed by atoms with Crippen molar-refractivity contribution in [1.29, 1.82) is 0 Å². The molecule has 96 valence electrons. The predicted molar refractivity (Wildman–Crippen MR) is 67.4 cm³/mol. The maximum atomic E-state index is 11.4. The van der Waals surface area contributed by atoms with E-state index in [0.29, 0.717) is 12.2 Å². The highest BCUT2D eigenvalue weighted by atomic mass is 32.2. The molecule has 1 aromatic heterocycles. The summed E-state index contributed by atoms with van der Waals surface area (Å²) >= 11 is 0. The molecule has 17 heavy (non-hydrogen) atoms. The van der Waals surface area contributed by atoms with Crippen LogP contribution >= 0.6 is 0 Å². The van der Waals surface area contributed by atoms with Crippen molar-refractivity contribution in [2.45, 2.75) is 25.8 Å². The summed E-state index contributed by atoms with van der Waals surface area (Å²) in [6.45, 7) is 1.67. The van der Waals surface area contributed by atoms with Gasteiger partial charge in [-0.2, -0.15) is 0 Å². The Hall–Kier alpha value is -1.01. The van der Waals surface area contributed by atoms with E-state index in [1.54, 1.807) is 25.4 Å². The third-order valence-electron chi connectivity index (χ3n) is 2.63. The molecule has 1 atom stereocenters. The van der Waals surface area contributed by atoms with Gasteiger partial charge in [-0.25, -0.2) is 18.4 Å². The van der Waals surface area contributed by atoms with Crippen molar-refractivity contribution in [3.8, 4) is 0 Å². The van der Waals surface area contributed by atoms with Gasteiger partial charge in [0.25, 0.3) is 0 Å². The Labute approximate surface area is 103 Å². The second kappa shape index (κ2) is 6.66. The minimum atomic E-state index is -2.87. The fourth-order valence-corrected chi connectivity index (χ4v) is 2.44. The van der Waals surface area contributed by atoms with Crippen LogP contribution in [0.3, 0.4) is 0 Å². The molecule has 0 spiro atoms. The minimum absolute atomic E-state index is 0.0169. The standard InChI is InChI=1S/C11H19N3O2S/c1-3-17(15,16)9-4-6-10(12-2)11-13-7-5-8-14-11/h5,7-8,10,12H,3-4,6,9H2,1-2H3. The number of aromatic nitrogens is 2. The van der Waals surface area contributed by atoms with Crippen LogP contribution in [0.1, 0.15) is 31.6 Å². The van der Waals surface area contributed by atoms with Crippen LogP contribution in [0.4, 0.5) is 0 Å². The molecule has 6 heteroatoms. The number of sulfone groups is 1. The van der Waals surface area contributed by atoms with Crippen LogP contribution in [0.15, 0.2) is 18.5 Å². The Morgan fingerprint density at radius 2 is 2.00 bits per heavy atom. The van der Waals surface area contributed by atoms with E-state index in [1.807, 2.05) is 7.05 Å². The number of hydrogen-bond acceptors (Lipinski definition) is 5. The first-order chi connectivity index (χ1) is 8.09. The van der Waals surface area contributed by atoms with Gasteiger partial charge in [0.05, 0.1) is 11.8 Å². The van der Waals surface area contributed by atoms with Crippen molar-refractivity contribution >= 4 is 9.84 Å². The lowest BCUT2D eigenvalue weighted by molar-refractivity contribution is 0.510. The molecule has 1 rings (SSSR count). The second-order valence-electron chi connectivity index (χ2n) is 3.83. The molecular weight excluding hydrogens is 238 g/mol. The molecule has 0 radical (unpaired) electrons. The van der Waals surface area contributed by atoms with E-state index in [-0.39, 0.29) is 17.5 Å². The van der Waals surface area contributed by atoms with Crippen molar-refractivity contribution < 1.29 is 8.42 Å². The fraction of sp³-hybridized carbons (Fsp3) is 0.636. The van der Waals surface area contributed by atoms with Crippen molar-refractivity contribution in [3.05, 3.63) is 24.3 Å². The smallest absolute Gasteiger partial charge is 0.150 e. The molecule has 1 heterocycles. The zero-order chi connectivity index (χ0) is 12.7. The molecule has 1 aromatic rings. The zero-order valence-corrected chi connectivity index (χ0v) is 11.1. The van der Waals surface area contributed by atoms with E-state index in [4.69, 9.17) is 0 Å². The van der Waals surface area contributed by atoms with Crippen LogP contribution in [-0.4, -0.2) is 36.9 Å². The number of nitrogens with zero attached hydrogens (tertiary/aromatic N) is 2. The van der Waals surface area contributed by atoms with Gasteiger partial charge in [-0.1, -0.05) is 6.92 Å². The molecule has 1 unspecified atom stereocenters. The number of hydrogen-bond donors (Lipinski definition) is 1. The van der Waals surface area contributed by atoms with Crippen LogP contribution in [0.25, 0.3) is 0 Å². The lowest BCUT2D eigenvalue weighted by atomic mass is 10.1. The Balaban J connectivity index is 2.50. The van der Waals surface area contributed by atoms with Crippen molar-refractivity contribution in [1.82, 2.24) is 15.3 Å². The average Bonchev–Trinajstić information content (AvgIpc) is 2.36. The highest BCUT2D eigenvalue weighted by Gasteiger charge is 2.13.